The number of hydrogen-bond donors (Lipinski definition) is 2. The predicted molar refractivity (Wildman–Crippen MR) is 109 cm³/mol. The van der Waals surface area contributed by atoms with Crippen molar-refractivity contribution >= 4 is 23.1 Å². The van der Waals surface area contributed by atoms with Gasteiger partial charge >= 0.3 is 0 Å². The van der Waals surface area contributed by atoms with E-state index in [9.17, 15) is 4.79 Å². The van der Waals surface area contributed by atoms with E-state index in [0.29, 0.717) is 12.4 Å². The number of carbonyl (C=O) groups excluding carboxylic acids is 1. The lowest BCUT2D eigenvalue weighted by molar-refractivity contribution is 0.102. The normalized spacial score (nSPS) is 13.4. The van der Waals surface area contributed by atoms with E-state index in [-0.39, 0.29) is 11.6 Å². The highest BCUT2D eigenvalue weighted by Crippen LogP contribution is 2.22. The van der Waals surface area contributed by atoms with Gasteiger partial charge in [0.2, 0.25) is 0 Å². The Morgan fingerprint density at radius 2 is 1.71 bits per heavy atom. The Labute approximate surface area is 163 Å². The molecule has 0 bridgehead atoms. The lowest BCUT2D eigenvalue weighted by Gasteiger charge is -2.17. The molecule has 142 valence electrons. The Bertz CT molecular complexity index is 906. The highest BCUT2D eigenvalue weighted by Gasteiger charge is 2.13. The van der Waals surface area contributed by atoms with E-state index < -0.39 is 0 Å². The summed E-state index contributed by atoms with van der Waals surface area (Å²) in [7, 11) is 0. The van der Waals surface area contributed by atoms with E-state index in [1.807, 2.05) is 36.4 Å². The number of nitrogens with zero attached hydrogens (tertiary/aromatic N) is 4. The predicted octanol–water partition coefficient (Wildman–Crippen LogP) is 3.34. The molecule has 0 radical (unpaired) electrons. The molecular formula is C21H22N6O. The molecule has 3 heterocycles. The van der Waals surface area contributed by atoms with Gasteiger partial charge in [0.1, 0.15) is 11.5 Å². The van der Waals surface area contributed by atoms with E-state index in [2.05, 4.69) is 30.5 Å². The van der Waals surface area contributed by atoms with Crippen molar-refractivity contribution in [2.75, 3.05) is 28.6 Å². The minimum atomic E-state index is -0.276. The summed E-state index contributed by atoms with van der Waals surface area (Å²) in [5.41, 5.74) is 3.31. The van der Waals surface area contributed by atoms with Gasteiger partial charge in [-0.25, -0.2) is 9.97 Å². The van der Waals surface area contributed by atoms with Crippen molar-refractivity contribution in [3.63, 3.8) is 0 Å². The van der Waals surface area contributed by atoms with E-state index >= 15 is 0 Å². The van der Waals surface area contributed by atoms with Gasteiger partial charge in [-0.1, -0.05) is 0 Å². The summed E-state index contributed by atoms with van der Waals surface area (Å²) in [6, 6.07) is 11.8. The summed E-state index contributed by atoms with van der Waals surface area (Å²) in [6.07, 6.45) is 9.01. The number of nitrogens with one attached hydrogen (secondary N) is 2. The Morgan fingerprint density at radius 1 is 0.964 bits per heavy atom. The minimum absolute atomic E-state index is 0.276. The summed E-state index contributed by atoms with van der Waals surface area (Å²) in [6.45, 7) is 2.82. The van der Waals surface area contributed by atoms with Gasteiger partial charge in [0.25, 0.3) is 5.91 Å². The Balaban J connectivity index is 1.33. The maximum absolute atomic E-state index is 12.4. The van der Waals surface area contributed by atoms with Crippen LogP contribution in [0.25, 0.3) is 0 Å². The molecule has 1 aliphatic heterocycles. The average Bonchev–Trinajstić information content (AvgIpc) is 3.29. The van der Waals surface area contributed by atoms with Gasteiger partial charge in [0.05, 0.1) is 12.4 Å². The third-order valence-electron chi connectivity index (χ3n) is 4.70. The fourth-order valence-corrected chi connectivity index (χ4v) is 3.16. The third-order valence-corrected chi connectivity index (χ3v) is 4.70. The van der Waals surface area contributed by atoms with Gasteiger partial charge in [0, 0.05) is 43.4 Å². The largest absolute Gasteiger partial charge is 0.372 e. The van der Waals surface area contributed by atoms with Crippen LogP contribution in [0.1, 0.15) is 28.9 Å². The number of rotatable bonds is 6. The zero-order valence-corrected chi connectivity index (χ0v) is 15.5. The molecule has 1 fully saturated rings. The molecule has 4 rings (SSSR count). The van der Waals surface area contributed by atoms with Crippen molar-refractivity contribution in [2.45, 2.75) is 19.4 Å². The molecule has 7 nitrogen and oxygen atoms in total. The Morgan fingerprint density at radius 3 is 2.39 bits per heavy atom. The van der Waals surface area contributed by atoms with E-state index in [0.717, 1.165) is 24.3 Å². The lowest BCUT2D eigenvalue weighted by Crippen LogP contribution is -2.18. The fourth-order valence-electron chi connectivity index (χ4n) is 3.16. The van der Waals surface area contributed by atoms with Crippen molar-refractivity contribution in [2.24, 2.45) is 0 Å². The average molecular weight is 374 g/mol. The van der Waals surface area contributed by atoms with Crippen LogP contribution in [0.3, 0.4) is 0 Å². The fraction of sp³-hybridized carbons (Fsp3) is 0.238. The van der Waals surface area contributed by atoms with Gasteiger partial charge in [-0.2, -0.15) is 0 Å². The van der Waals surface area contributed by atoms with Gasteiger partial charge < -0.3 is 15.5 Å². The summed E-state index contributed by atoms with van der Waals surface area (Å²) < 4.78 is 0. The van der Waals surface area contributed by atoms with Gasteiger partial charge in [0.15, 0.2) is 0 Å². The van der Waals surface area contributed by atoms with Gasteiger partial charge in [-0.3, -0.25) is 9.78 Å². The van der Waals surface area contributed by atoms with Crippen LogP contribution in [0.5, 0.6) is 0 Å². The quantitative estimate of drug-likeness (QED) is 0.689. The van der Waals surface area contributed by atoms with Crippen LogP contribution in [0, 0.1) is 0 Å². The van der Waals surface area contributed by atoms with Crippen molar-refractivity contribution in [1.82, 2.24) is 15.0 Å². The molecule has 28 heavy (non-hydrogen) atoms. The number of benzene rings is 1. The van der Waals surface area contributed by atoms with Crippen molar-refractivity contribution in [3.05, 3.63) is 72.4 Å². The molecule has 0 spiro atoms. The summed E-state index contributed by atoms with van der Waals surface area (Å²) in [4.78, 5) is 27.2. The molecule has 0 aliphatic carbocycles. The zero-order chi connectivity index (χ0) is 19.2. The maximum atomic E-state index is 12.4. The lowest BCUT2D eigenvalue weighted by atomic mass is 10.2. The van der Waals surface area contributed by atoms with Crippen LogP contribution in [-0.4, -0.2) is 33.9 Å². The first kappa shape index (κ1) is 17.9. The zero-order valence-electron chi connectivity index (χ0n) is 15.5. The number of pyridine rings is 1. The summed E-state index contributed by atoms with van der Waals surface area (Å²) in [5, 5.41) is 6.04. The first-order chi connectivity index (χ1) is 13.8. The molecule has 1 aromatic carbocycles. The van der Waals surface area contributed by atoms with Gasteiger partial charge in [-0.05, 0) is 54.8 Å². The highest BCUT2D eigenvalue weighted by molar-refractivity contribution is 6.02. The summed E-state index contributed by atoms with van der Waals surface area (Å²) >= 11 is 0. The van der Waals surface area contributed by atoms with Crippen molar-refractivity contribution in [1.29, 1.82) is 0 Å². The van der Waals surface area contributed by atoms with Crippen LogP contribution in [0.4, 0.5) is 17.2 Å². The number of anilines is 3. The number of hydrogen-bond acceptors (Lipinski definition) is 6. The number of carbonyl (C=O) groups is 1. The van der Waals surface area contributed by atoms with E-state index in [4.69, 9.17) is 0 Å². The first-order valence-electron chi connectivity index (χ1n) is 9.39. The van der Waals surface area contributed by atoms with Crippen molar-refractivity contribution in [3.8, 4) is 0 Å². The monoisotopic (exact) mass is 374 g/mol. The smallest absolute Gasteiger partial charge is 0.275 e. The third kappa shape index (κ3) is 4.43. The second-order valence-corrected chi connectivity index (χ2v) is 6.69. The van der Waals surface area contributed by atoms with E-state index in [1.54, 1.807) is 18.6 Å². The number of aromatic nitrogens is 3. The molecule has 2 N–H and O–H groups in total. The molecule has 7 heteroatoms. The second kappa shape index (κ2) is 8.47. The van der Waals surface area contributed by atoms with Crippen LogP contribution in [0.15, 0.2) is 61.2 Å². The first-order valence-corrected chi connectivity index (χ1v) is 9.39. The van der Waals surface area contributed by atoms with Crippen LogP contribution < -0.4 is 15.5 Å². The molecule has 0 unspecified atom stereocenters. The molecular weight excluding hydrogens is 352 g/mol. The molecule has 1 amide bonds. The minimum Gasteiger partial charge on any atom is -0.372 e. The SMILES string of the molecule is O=C(Nc1ccc(N2CCCC2)cc1)c1cnc(NCc2ccncc2)cn1. The highest BCUT2D eigenvalue weighted by atomic mass is 16.1. The molecule has 0 atom stereocenters. The molecule has 3 aromatic rings. The van der Waals surface area contributed by atoms with Crippen LogP contribution >= 0.6 is 0 Å². The Hall–Kier alpha value is -3.48. The molecule has 2 aromatic heterocycles. The summed E-state index contributed by atoms with van der Waals surface area (Å²) in [5.74, 6) is 0.338. The molecule has 0 saturated carbocycles. The van der Waals surface area contributed by atoms with Gasteiger partial charge in [-0.15, -0.1) is 0 Å². The maximum Gasteiger partial charge on any atom is 0.275 e. The van der Waals surface area contributed by atoms with Crippen LogP contribution in [0.2, 0.25) is 0 Å². The molecule has 1 saturated heterocycles. The van der Waals surface area contributed by atoms with Crippen LogP contribution in [-0.2, 0) is 6.54 Å². The Kier molecular flexibility index (Phi) is 5.42. The second-order valence-electron chi connectivity index (χ2n) is 6.69. The number of amides is 1. The standard InChI is InChI=1S/C21H22N6O/c28-21(26-17-3-5-18(6-4-17)27-11-1-2-12-27)19-14-25-20(15-23-19)24-13-16-7-9-22-10-8-16/h3-10,14-15H,1-2,11-13H2,(H,24,25)(H,26,28). The van der Waals surface area contributed by atoms with E-state index in [1.165, 1.54) is 24.7 Å². The molecule has 1 aliphatic rings. The topological polar surface area (TPSA) is 83.0 Å². The van der Waals surface area contributed by atoms with Crippen molar-refractivity contribution < 1.29 is 4.79 Å².